The van der Waals surface area contributed by atoms with E-state index in [9.17, 15) is 4.79 Å². The summed E-state index contributed by atoms with van der Waals surface area (Å²) in [5.41, 5.74) is 4.15. The molecule has 0 atom stereocenters. The van der Waals surface area contributed by atoms with Crippen LogP contribution >= 0.6 is 23.1 Å². The van der Waals surface area contributed by atoms with Gasteiger partial charge in [-0.1, -0.05) is 17.8 Å². The third-order valence-corrected chi connectivity index (χ3v) is 6.33. The summed E-state index contributed by atoms with van der Waals surface area (Å²) in [6.07, 6.45) is 4.35. The highest BCUT2D eigenvalue weighted by Gasteiger charge is 2.29. The van der Waals surface area contributed by atoms with Crippen molar-refractivity contribution >= 4 is 45.8 Å². The van der Waals surface area contributed by atoms with Gasteiger partial charge in [0.15, 0.2) is 5.13 Å². The van der Waals surface area contributed by atoms with Crippen molar-refractivity contribution < 1.29 is 4.79 Å². The zero-order valence-corrected chi connectivity index (χ0v) is 15.9. The van der Waals surface area contributed by atoms with Gasteiger partial charge in [-0.2, -0.15) is 0 Å². The van der Waals surface area contributed by atoms with Crippen molar-refractivity contribution in [1.82, 2.24) is 20.3 Å². The molecule has 4 heterocycles. The summed E-state index contributed by atoms with van der Waals surface area (Å²) in [6, 6.07) is 6.34. The van der Waals surface area contributed by atoms with Crippen molar-refractivity contribution in [1.29, 1.82) is 0 Å². The maximum atomic E-state index is 12.7. The van der Waals surface area contributed by atoms with Crippen molar-refractivity contribution in [3.05, 3.63) is 52.7 Å². The first-order valence-corrected chi connectivity index (χ1v) is 10.5. The van der Waals surface area contributed by atoms with Crippen molar-refractivity contribution in [3.8, 4) is 0 Å². The maximum absolute atomic E-state index is 12.7. The molecule has 5 rings (SSSR count). The first-order chi connectivity index (χ1) is 13.3. The Morgan fingerprint density at radius 1 is 1.22 bits per heavy atom. The van der Waals surface area contributed by atoms with Gasteiger partial charge in [0.1, 0.15) is 5.03 Å². The van der Waals surface area contributed by atoms with Crippen LogP contribution in [-0.4, -0.2) is 33.3 Å². The van der Waals surface area contributed by atoms with E-state index in [1.807, 2.05) is 5.38 Å². The van der Waals surface area contributed by atoms with Crippen LogP contribution in [0.15, 0.2) is 41.0 Å². The zero-order valence-electron chi connectivity index (χ0n) is 14.3. The Bertz CT molecular complexity index is 1010. The predicted octanol–water partition coefficient (Wildman–Crippen LogP) is 3.03. The first kappa shape index (κ1) is 16.7. The van der Waals surface area contributed by atoms with Crippen LogP contribution in [0.4, 0.5) is 16.8 Å². The van der Waals surface area contributed by atoms with Crippen molar-refractivity contribution in [2.75, 3.05) is 22.6 Å². The quantitative estimate of drug-likeness (QED) is 0.659. The number of hydrogen-bond acceptors (Lipinski definition) is 8. The van der Waals surface area contributed by atoms with Crippen LogP contribution in [0.1, 0.15) is 21.5 Å². The van der Waals surface area contributed by atoms with E-state index in [1.54, 1.807) is 17.3 Å². The highest BCUT2D eigenvalue weighted by Crippen LogP contribution is 2.33. The molecular formula is C18H16N6OS2. The molecule has 7 nitrogen and oxygen atoms in total. The Hall–Kier alpha value is -2.49. The number of nitrogens with one attached hydrogen (secondary N) is 2. The number of amides is 1. The highest BCUT2D eigenvalue weighted by molar-refractivity contribution is 7.99. The minimum Gasteiger partial charge on any atom is -0.324 e. The molecule has 27 heavy (non-hydrogen) atoms. The Morgan fingerprint density at radius 2 is 2.19 bits per heavy atom. The molecule has 0 aliphatic carbocycles. The van der Waals surface area contributed by atoms with Crippen LogP contribution in [0.3, 0.4) is 0 Å². The van der Waals surface area contributed by atoms with Crippen LogP contribution in [0.5, 0.6) is 0 Å². The summed E-state index contributed by atoms with van der Waals surface area (Å²) in [7, 11) is 0. The molecule has 1 amide bonds. The highest BCUT2D eigenvalue weighted by atomic mass is 32.2. The number of benzene rings is 1. The van der Waals surface area contributed by atoms with E-state index in [-0.39, 0.29) is 5.91 Å². The summed E-state index contributed by atoms with van der Waals surface area (Å²) in [5, 5.41) is 9.90. The molecule has 0 saturated heterocycles. The number of carbonyl (C=O) groups is 1. The number of hydrogen-bond donors (Lipinski definition) is 2. The third-order valence-electron chi connectivity index (χ3n) is 4.56. The van der Waals surface area contributed by atoms with Gasteiger partial charge in [0.2, 0.25) is 5.95 Å². The molecule has 1 aromatic carbocycles. The van der Waals surface area contributed by atoms with Crippen molar-refractivity contribution in [2.24, 2.45) is 0 Å². The molecule has 2 aliphatic rings. The number of carbonyl (C=O) groups excluding carboxylic acids is 1. The fourth-order valence-electron chi connectivity index (χ4n) is 3.19. The standard InChI is InChI=1S/C18H16N6OS2/c25-16-14-9-21-17(22-13-2-1-11-3-4-19-8-12(11)7-13)23-15(14)27-10-24(16)18-20-5-6-26-18/h1-2,5-7,9,19H,3-4,8,10H2,(H,21,22,23). The van der Waals surface area contributed by atoms with E-state index in [1.165, 1.54) is 34.2 Å². The van der Waals surface area contributed by atoms with Gasteiger partial charge < -0.3 is 10.6 Å². The van der Waals surface area contributed by atoms with Gasteiger partial charge in [-0.15, -0.1) is 11.3 Å². The largest absolute Gasteiger partial charge is 0.324 e. The average molecular weight is 397 g/mol. The lowest BCUT2D eigenvalue weighted by molar-refractivity contribution is 0.0985. The van der Waals surface area contributed by atoms with E-state index < -0.39 is 0 Å². The molecule has 0 unspecified atom stereocenters. The number of thioether (sulfide) groups is 1. The Labute approximate surface area is 164 Å². The molecule has 3 aromatic rings. The number of nitrogens with zero attached hydrogens (tertiary/aromatic N) is 4. The van der Waals surface area contributed by atoms with Crippen molar-refractivity contribution in [2.45, 2.75) is 18.0 Å². The van der Waals surface area contributed by atoms with E-state index in [0.29, 0.717) is 27.5 Å². The average Bonchev–Trinajstić information content (AvgIpc) is 3.23. The first-order valence-electron chi connectivity index (χ1n) is 8.59. The van der Waals surface area contributed by atoms with Gasteiger partial charge in [0.05, 0.1) is 11.4 Å². The number of rotatable bonds is 3. The minimum atomic E-state index is -0.106. The molecule has 0 radical (unpaired) electrons. The number of thiazole rings is 1. The molecule has 136 valence electrons. The van der Waals surface area contributed by atoms with Gasteiger partial charge in [-0.25, -0.2) is 15.0 Å². The van der Waals surface area contributed by atoms with Gasteiger partial charge in [-0.05, 0) is 36.2 Å². The normalized spacial score (nSPS) is 16.0. The van der Waals surface area contributed by atoms with Crippen LogP contribution in [0, 0.1) is 0 Å². The summed E-state index contributed by atoms with van der Waals surface area (Å²) < 4.78 is 0. The smallest absolute Gasteiger partial charge is 0.265 e. The zero-order chi connectivity index (χ0) is 18.2. The van der Waals surface area contributed by atoms with Gasteiger partial charge in [-0.3, -0.25) is 9.69 Å². The maximum Gasteiger partial charge on any atom is 0.265 e. The monoisotopic (exact) mass is 396 g/mol. The third kappa shape index (κ3) is 3.18. The van der Waals surface area contributed by atoms with E-state index in [0.717, 1.165) is 25.2 Å². The van der Waals surface area contributed by atoms with E-state index in [2.05, 4.69) is 43.8 Å². The topological polar surface area (TPSA) is 83.0 Å². The summed E-state index contributed by atoms with van der Waals surface area (Å²) >= 11 is 2.96. The number of anilines is 3. The second-order valence-corrected chi connectivity index (χ2v) is 8.08. The molecule has 0 fully saturated rings. The fraction of sp³-hybridized carbons (Fsp3) is 0.222. The SMILES string of the molecule is O=C1c2cnc(Nc3ccc4c(c3)CNCC4)nc2SCN1c1nccs1. The van der Waals surface area contributed by atoms with Crippen LogP contribution in [0.25, 0.3) is 0 Å². The Morgan fingerprint density at radius 3 is 3.07 bits per heavy atom. The summed E-state index contributed by atoms with van der Waals surface area (Å²) in [5.74, 6) is 0.894. The number of fused-ring (bicyclic) bond motifs is 2. The molecule has 0 spiro atoms. The van der Waals surface area contributed by atoms with Gasteiger partial charge in [0.25, 0.3) is 5.91 Å². The fourth-order valence-corrected chi connectivity index (χ4v) is 4.85. The van der Waals surface area contributed by atoms with E-state index in [4.69, 9.17) is 0 Å². The summed E-state index contributed by atoms with van der Waals surface area (Å²) in [6.45, 7) is 1.91. The molecule has 2 N–H and O–H groups in total. The second kappa shape index (κ2) is 6.91. The lowest BCUT2D eigenvalue weighted by Gasteiger charge is -2.25. The van der Waals surface area contributed by atoms with Crippen LogP contribution in [0.2, 0.25) is 0 Å². The molecule has 2 aliphatic heterocycles. The summed E-state index contributed by atoms with van der Waals surface area (Å²) in [4.78, 5) is 27.5. The Kier molecular flexibility index (Phi) is 4.27. The molecule has 2 aromatic heterocycles. The lowest BCUT2D eigenvalue weighted by atomic mass is 10.0. The van der Waals surface area contributed by atoms with Gasteiger partial charge in [0, 0.05) is 30.0 Å². The van der Waals surface area contributed by atoms with Crippen LogP contribution in [-0.2, 0) is 13.0 Å². The minimum absolute atomic E-state index is 0.106. The molecule has 0 saturated carbocycles. The molecule has 0 bridgehead atoms. The molecule has 9 heteroatoms. The van der Waals surface area contributed by atoms with E-state index >= 15 is 0 Å². The van der Waals surface area contributed by atoms with Crippen LogP contribution < -0.4 is 15.5 Å². The predicted molar refractivity (Wildman–Crippen MR) is 107 cm³/mol. The lowest BCUT2D eigenvalue weighted by Crippen LogP contribution is -2.34. The second-order valence-electron chi connectivity index (χ2n) is 6.27. The number of aromatic nitrogens is 3. The Balaban J connectivity index is 1.38. The molecular weight excluding hydrogens is 380 g/mol. The van der Waals surface area contributed by atoms with Crippen molar-refractivity contribution in [3.63, 3.8) is 0 Å². The van der Waals surface area contributed by atoms with Gasteiger partial charge >= 0.3 is 0 Å².